The van der Waals surface area contributed by atoms with Crippen molar-refractivity contribution in [2.75, 3.05) is 26.2 Å². The van der Waals surface area contributed by atoms with Gasteiger partial charge in [0.15, 0.2) is 0 Å². The second kappa shape index (κ2) is 11.0. The van der Waals surface area contributed by atoms with E-state index in [4.69, 9.17) is 4.74 Å². The molecule has 1 aliphatic carbocycles. The summed E-state index contributed by atoms with van der Waals surface area (Å²) in [7, 11) is 0. The Bertz CT molecular complexity index is 736. The number of hydrogen-bond acceptors (Lipinski definition) is 4. The molecule has 1 aliphatic rings. The molecule has 5 nitrogen and oxygen atoms in total. The van der Waals surface area contributed by atoms with Gasteiger partial charge < -0.3 is 20.5 Å². The fourth-order valence-corrected chi connectivity index (χ4v) is 3.57. The summed E-state index contributed by atoms with van der Waals surface area (Å²) in [6, 6.07) is 18.1. The summed E-state index contributed by atoms with van der Waals surface area (Å²) in [5.41, 5.74) is 3.62. The number of nitrogens with one attached hydrogen (secondary N) is 2. The highest BCUT2D eigenvalue weighted by Crippen LogP contribution is 2.32. The summed E-state index contributed by atoms with van der Waals surface area (Å²) < 4.78 is 5.97. The lowest BCUT2D eigenvalue weighted by Gasteiger charge is -2.26. The smallest absolute Gasteiger partial charge is 0.224 e. The lowest BCUT2D eigenvalue weighted by Crippen LogP contribution is -2.37. The topological polar surface area (TPSA) is 70.6 Å². The molecule has 0 heterocycles. The number of rotatable bonds is 10. The molecule has 3 N–H and O–H groups in total. The van der Waals surface area contributed by atoms with Crippen molar-refractivity contribution in [1.82, 2.24) is 10.6 Å². The van der Waals surface area contributed by atoms with Gasteiger partial charge in [-0.05, 0) is 36.0 Å². The average Bonchev–Trinajstić information content (AvgIpc) is 2.72. The molecule has 150 valence electrons. The third-order valence-corrected chi connectivity index (χ3v) is 5.02. The van der Waals surface area contributed by atoms with Crippen LogP contribution < -0.4 is 10.6 Å². The summed E-state index contributed by atoms with van der Waals surface area (Å²) in [4.78, 5) is 11.9. The van der Waals surface area contributed by atoms with Gasteiger partial charge in [-0.3, -0.25) is 4.79 Å². The van der Waals surface area contributed by atoms with Crippen molar-refractivity contribution in [2.24, 2.45) is 0 Å². The van der Waals surface area contributed by atoms with Crippen LogP contribution in [0.5, 0.6) is 0 Å². The van der Waals surface area contributed by atoms with Crippen molar-refractivity contribution in [3.8, 4) is 0 Å². The van der Waals surface area contributed by atoms with E-state index >= 15 is 0 Å². The predicted octanol–water partition coefficient (Wildman–Crippen LogP) is 2.39. The van der Waals surface area contributed by atoms with Crippen LogP contribution in [0.15, 0.2) is 54.6 Å². The lowest BCUT2D eigenvalue weighted by molar-refractivity contribution is -0.120. The third kappa shape index (κ3) is 6.44. The standard InChI is InChI=1S/C23H30N2O3/c26-20(17-28-22-12-6-10-19-9-4-5-11-21(19)22)16-24-13-14-25-23(27)15-18-7-2-1-3-8-18/h1-5,7-9,11,20,22,24,26H,6,10,12-17H2,(H,25,27). The number of aryl methyl sites for hydroxylation is 1. The highest BCUT2D eigenvalue weighted by molar-refractivity contribution is 5.78. The first-order valence-corrected chi connectivity index (χ1v) is 10.1. The van der Waals surface area contributed by atoms with E-state index in [1.807, 2.05) is 36.4 Å². The van der Waals surface area contributed by atoms with Gasteiger partial charge in [0.25, 0.3) is 0 Å². The zero-order valence-electron chi connectivity index (χ0n) is 16.3. The first-order valence-electron chi connectivity index (χ1n) is 10.1. The van der Waals surface area contributed by atoms with E-state index in [0.29, 0.717) is 32.7 Å². The second-order valence-corrected chi connectivity index (χ2v) is 7.28. The molecule has 28 heavy (non-hydrogen) atoms. The monoisotopic (exact) mass is 382 g/mol. The normalized spacial score (nSPS) is 17.0. The van der Waals surface area contributed by atoms with Crippen molar-refractivity contribution >= 4 is 5.91 Å². The molecule has 0 aliphatic heterocycles. The zero-order chi connectivity index (χ0) is 19.6. The van der Waals surface area contributed by atoms with Gasteiger partial charge in [0.1, 0.15) is 0 Å². The Morgan fingerprint density at radius 3 is 2.75 bits per heavy atom. The van der Waals surface area contributed by atoms with Gasteiger partial charge in [0, 0.05) is 19.6 Å². The van der Waals surface area contributed by atoms with Crippen molar-refractivity contribution in [2.45, 2.75) is 37.9 Å². The Kier molecular flexibility index (Phi) is 8.03. The number of aliphatic hydroxyl groups is 1. The van der Waals surface area contributed by atoms with Gasteiger partial charge in [-0.15, -0.1) is 0 Å². The maximum Gasteiger partial charge on any atom is 0.224 e. The molecule has 0 aromatic heterocycles. The van der Waals surface area contributed by atoms with E-state index < -0.39 is 6.10 Å². The highest BCUT2D eigenvalue weighted by atomic mass is 16.5. The van der Waals surface area contributed by atoms with E-state index in [1.165, 1.54) is 11.1 Å². The molecule has 2 unspecified atom stereocenters. The SMILES string of the molecule is O=C(Cc1ccccc1)NCCNCC(O)COC1CCCc2ccccc21. The minimum Gasteiger partial charge on any atom is -0.389 e. The molecule has 2 aromatic rings. The number of ether oxygens (including phenoxy) is 1. The van der Waals surface area contributed by atoms with Crippen molar-refractivity contribution in [1.29, 1.82) is 0 Å². The van der Waals surface area contributed by atoms with Crippen molar-refractivity contribution < 1.29 is 14.6 Å². The maximum atomic E-state index is 11.9. The van der Waals surface area contributed by atoms with Crippen LogP contribution in [0.1, 0.15) is 35.6 Å². The summed E-state index contributed by atoms with van der Waals surface area (Å²) in [5.74, 6) is 0.00726. The average molecular weight is 383 g/mol. The molecule has 0 saturated heterocycles. The minimum atomic E-state index is -0.561. The Balaban J connectivity index is 1.27. The van der Waals surface area contributed by atoms with Gasteiger partial charge in [-0.2, -0.15) is 0 Å². The molecule has 1 amide bonds. The van der Waals surface area contributed by atoms with Crippen LogP contribution in [0, 0.1) is 0 Å². The minimum absolute atomic E-state index is 0.00726. The number of amides is 1. The molecule has 5 heteroatoms. The van der Waals surface area contributed by atoms with E-state index in [1.54, 1.807) is 0 Å². The molecule has 0 bridgehead atoms. The zero-order valence-corrected chi connectivity index (χ0v) is 16.3. The van der Waals surface area contributed by atoms with Gasteiger partial charge in [0.2, 0.25) is 5.91 Å². The van der Waals surface area contributed by atoms with Gasteiger partial charge in [-0.25, -0.2) is 0 Å². The maximum absolute atomic E-state index is 11.9. The van der Waals surface area contributed by atoms with Crippen LogP contribution in [-0.2, 0) is 22.4 Å². The number of carbonyl (C=O) groups excluding carboxylic acids is 1. The lowest BCUT2D eigenvalue weighted by atomic mass is 9.89. The number of fused-ring (bicyclic) bond motifs is 1. The van der Waals surface area contributed by atoms with Crippen LogP contribution in [0.4, 0.5) is 0 Å². The molecule has 2 aromatic carbocycles. The summed E-state index contributed by atoms with van der Waals surface area (Å²) in [5, 5.41) is 16.2. The molecule has 0 radical (unpaired) electrons. The van der Waals surface area contributed by atoms with E-state index in [-0.39, 0.29) is 12.0 Å². The van der Waals surface area contributed by atoms with Crippen LogP contribution in [0.3, 0.4) is 0 Å². The fraction of sp³-hybridized carbons (Fsp3) is 0.435. The predicted molar refractivity (Wildman–Crippen MR) is 110 cm³/mol. The van der Waals surface area contributed by atoms with Gasteiger partial charge >= 0.3 is 0 Å². The van der Waals surface area contributed by atoms with Crippen LogP contribution in [0.2, 0.25) is 0 Å². The van der Waals surface area contributed by atoms with E-state index in [9.17, 15) is 9.90 Å². The Morgan fingerprint density at radius 2 is 1.89 bits per heavy atom. The molecule has 3 rings (SSSR count). The summed E-state index contributed by atoms with van der Waals surface area (Å²) in [6.45, 7) is 1.91. The number of hydrogen-bond donors (Lipinski definition) is 3. The van der Waals surface area contributed by atoms with Crippen molar-refractivity contribution in [3.05, 3.63) is 71.3 Å². The Morgan fingerprint density at radius 1 is 1.11 bits per heavy atom. The largest absolute Gasteiger partial charge is 0.389 e. The molecular formula is C23H30N2O3. The Hall–Kier alpha value is -2.21. The number of carbonyl (C=O) groups is 1. The van der Waals surface area contributed by atoms with Crippen LogP contribution in [-0.4, -0.2) is 43.4 Å². The Labute approximate surface area is 167 Å². The van der Waals surface area contributed by atoms with Crippen LogP contribution in [0.25, 0.3) is 0 Å². The molecule has 0 fully saturated rings. The highest BCUT2D eigenvalue weighted by Gasteiger charge is 2.21. The van der Waals surface area contributed by atoms with Gasteiger partial charge in [0.05, 0.1) is 25.2 Å². The molecule has 0 spiro atoms. The quantitative estimate of drug-likeness (QED) is 0.552. The molecule has 2 atom stereocenters. The van der Waals surface area contributed by atoms with Crippen molar-refractivity contribution in [3.63, 3.8) is 0 Å². The van der Waals surface area contributed by atoms with Crippen LogP contribution >= 0.6 is 0 Å². The summed E-state index contributed by atoms with van der Waals surface area (Å²) >= 11 is 0. The van der Waals surface area contributed by atoms with E-state index in [2.05, 4.69) is 28.8 Å². The first kappa shape index (κ1) is 20.5. The fourth-order valence-electron chi connectivity index (χ4n) is 3.57. The molecular weight excluding hydrogens is 352 g/mol. The molecule has 0 saturated carbocycles. The number of benzene rings is 2. The second-order valence-electron chi connectivity index (χ2n) is 7.28. The van der Waals surface area contributed by atoms with E-state index in [0.717, 1.165) is 24.8 Å². The first-order chi connectivity index (χ1) is 13.7. The van der Waals surface area contributed by atoms with Gasteiger partial charge in [-0.1, -0.05) is 54.6 Å². The third-order valence-electron chi connectivity index (χ3n) is 5.02. The summed E-state index contributed by atoms with van der Waals surface area (Å²) in [6.07, 6.45) is 3.14. The number of aliphatic hydroxyl groups excluding tert-OH is 1.